The summed E-state index contributed by atoms with van der Waals surface area (Å²) >= 11 is 0. The molecular formula is C65H43NO. The molecule has 0 fully saturated rings. The van der Waals surface area contributed by atoms with E-state index < -0.39 is 5.41 Å². The van der Waals surface area contributed by atoms with E-state index in [1.807, 2.05) is 6.07 Å². The Balaban J connectivity index is 0.926. The lowest BCUT2D eigenvalue weighted by molar-refractivity contribution is 0.669. The van der Waals surface area contributed by atoms with Crippen molar-refractivity contribution in [1.29, 1.82) is 0 Å². The first-order chi connectivity index (χ1) is 33.2. The van der Waals surface area contributed by atoms with E-state index in [0.717, 1.165) is 44.6 Å². The highest BCUT2D eigenvalue weighted by molar-refractivity contribution is 6.07. The van der Waals surface area contributed by atoms with Gasteiger partial charge in [-0.05, 0) is 121 Å². The van der Waals surface area contributed by atoms with Crippen molar-refractivity contribution in [2.24, 2.45) is 0 Å². The summed E-state index contributed by atoms with van der Waals surface area (Å²) < 4.78 is 6.55. The molecule has 13 rings (SSSR count). The van der Waals surface area contributed by atoms with Gasteiger partial charge in [-0.3, -0.25) is 0 Å². The van der Waals surface area contributed by atoms with Gasteiger partial charge in [0.25, 0.3) is 0 Å². The maximum Gasteiger partial charge on any atom is 0.137 e. The summed E-state index contributed by atoms with van der Waals surface area (Å²) in [5, 5.41) is 4.73. The zero-order valence-electron chi connectivity index (χ0n) is 36.7. The minimum Gasteiger partial charge on any atom is -0.456 e. The van der Waals surface area contributed by atoms with Crippen molar-refractivity contribution in [3.8, 4) is 44.5 Å². The Bertz CT molecular complexity index is 3750. The first kappa shape index (κ1) is 38.7. The smallest absolute Gasteiger partial charge is 0.137 e. The molecule has 0 N–H and O–H groups in total. The Kier molecular flexibility index (Phi) is 9.11. The number of furan rings is 1. The van der Waals surface area contributed by atoms with E-state index in [4.69, 9.17) is 4.42 Å². The number of anilines is 3. The van der Waals surface area contributed by atoms with Crippen LogP contribution < -0.4 is 4.90 Å². The van der Waals surface area contributed by atoms with Crippen molar-refractivity contribution in [2.45, 2.75) is 5.41 Å². The van der Waals surface area contributed by atoms with Crippen LogP contribution in [0, 0.1) is 0 Å². The zero-order valence-corrected chi connectivity index (χ0v) is 36.7. The van der Waals surface area contributed by atoms with E-state index in [1.165, 1.54) is 72.0 Å². The van der Waals surface area contributed by atoms with Gasteiger partial charge in [-0.1, -0.05) is 206 Å². The molecule has 0 saturated heterocycles. The standard InChI is InChI=1S/C65H43NO/c1-3-19-52(20-4-1)65(53-21-5-2-6-22-53)59-25-11-9-24-58(59)64-60(65)26-14-27-61(64)66(55-39-40-57-56-23-10-12-28-62(56)67-63(57)43-55)54-37-35-46(36-38-54)45-29-31-47(32-30-45)49-17-13-18-50(41-49)51-34-33-44-15-7-8-16-48(44)42-51/h1-43H. The molecule has 2 heteroatoms. The fourth-order valence-electron chi connectivity index (χ4n) is 10.8. The lowest BCUT2D eigenvalue weighted by Gasteiger charge is -2.34. The van der Waals surface area contributed by atoms with Gasteiger partial charge < -0.3 is 9.32 Å². The second kappa shape index (κ2) is 15.8. The second-order valence-corrected chi connectivity index (χ2v) is 17.6. The van der Waals surface area contributed by atoms with Gasteiger partial charge in [-0.25, -0.2) is 0 Å². The van der Waals surface area contributed by atoms with Crippen LogP contribution in [-0.4, -0.2) is 0 Å². The zero-order chi connectivity index (χ0) is 44.3. The SMILES string of the molecule is c1ccc(C2(c3ccccc3)c3ccccc3-c3c(N(c4ccc(-c5ccc(-c6cccc(-c7ccc8ccccc8c7)c6)cc5)cc4)c4ccc5c(c4)oc4ccccc45)cccc32)cc1. The van der Waals surface area contributed by atoms with Crippen LogP contribution in [-0.2, 0) is 5.41 Å². The van der Waals surface area contributed by atoms with E-state index in [2.05, 4.69) is 260 Å². The lowest BCUT2D eigenvalue weighted by atomic mass is 9.68. The summed E-state index contributed by atoms with van der Waals surface area (Å²) in [4.78, 5) is 2.42. The fourth-order valence-corrected chi connectivity index (χ4v) is 10.8. The molecule has 12 aromatic rings. The average Bonchev–Trinajstić information content (AvgIpc) is 3.93. The fraction of sp³-hybridized carbons (Fsp3) is 0.0154. The van der Waals surface area contributed by atoms with Gasteiger partial charge in [-0.15, -0.1) is 0 Å². The van der Waals surface area contributed by atoms with Crippen LogP contribution >= 0.6 is 0 Å². The third kappa shape index (κ3) is 6.33. The quantitative estimate of drug-likeness (QED) is 0.151. The summed E-state index contributed by atoms with van der Waals surface area (Å²) in [7, 11) is 0. The number of rotatable bonds is 8. The molecule has 1 aromatic heterocycles. The molecule has 0 spiro atoms. The molecule has 1 aliphatic carbocycles. The minimum absolute atomic E-state index is 0.521. The molecule has 11 aromatic carbocycles. The van der Waals surface area contributed by atoms with E-state index >= 15 is 0 Å². The highest BCUT2D eigenvalue weighted by atomic mass is 16.3. The molecule has 0 radical (unpaired) electrons. The van der Waals surface area contributed by atoms with Crippen LogP contribution in [0.15, 0.2) is 265 Å². The maximum absolute atomic E-state index is 6.55. The highest BCUT2D eigenvalue weighted by Gasteiger charge is 2.47. The van der Waals surface area contributed by atoms with Crippen molar-refractivity contribution in [2.75, 3.05) is 4.90 Å². The predicted octanol–water partition coefficient (Wildman–Crippen LogP) is 17.6. The molecule has 0 amide bonds. The third-order valence-electron chi connectivity index (χ3n) is 13.9. The molecule has 0 atom stereocenters. The van der Waals surface area contributed by atoms with Crippen LogP contribution in [0.2, 0.25) is 0 Å². The molecule has 1 heterocycles. The largest absolute Gasteiger partial charge is 0.456 e. The normalized spacial score (nSPS) is 12.6. The first-order valence-corrected chi connectivity index (χ1v) is 23.1. The summed E-state index contributed by atoms with van der Waals surface area (Å²) in [5.74, 6) is 0. The molecule has 1 aliphatic rings. The molecule has 0 bridgehead atoms. The van der Waals surface area contributed by atoms with Crippen molar-refractivity contribution in [1.82, 2.24) is 0 Å². The summed E-state index contributed by atoms with van der Waals surface area (Å²) in [6, 6.07) is 95.0. The second-order valence-electron chi connectivity index (χ2n) is 17.6. The Hall–Kier alpha value is -8.72. The third-order valence-corrected chi connectivity index (χ3v) is 13.9. The van der Waals surface area contributed by atoms with Gasteiger partial charge in [0.2, 0.25) is 0 Å². The Morgan fingerprint density at radius 3 is 1.61 bits per heavy atom. The number of nitrogens with zero attached hydrogens (tertiary/aromatic N) is 1. The number of benzene rings is 11. The molecule has 0 unspecified atom stereocenters. The monoisotopic (exact) mass is 853 g/mol. The van der Waals surface area contributed by atoms with Crippen LogP contribution in [0.5, 0.6) is 0 Å². The van der Waals surface area contributed by atoms with Crippen LogP contribution in [0.1, 0.15) is 22.3 Å². The number of para-hydroxylation sites is 1. The van der Waals surface area contributed by atoms with Crippen molar-refractivity contribution in [3.05, 3.63) is 283 Å². The minimum atomic E-state index is -0.521. The summed E-state index contributed by atoms with van der Waals surface area (Å²) in [6.45, 7) is 0. The number of fused-ring (bicyclic) bond motifs is 7. The van der Waals surface area contributed by atoms with Gasteiger partial charge in [0.15, 0.2) is 0 Å². The molecule has 0 aliphatic heterocycles. The molecule has 0 saturated carbocycles. The van der Waals surface area contributed by atoms with Crippen LogP contribution in [0.3, 0.4) is 0 Å². The average molecular weight is 854 g/mol. The Morgan fingerprint density at radius 1 is 0.313 bits per heavy atom. The summed E-state index contributed by atoms with van der Waals surface area (Å²) in [6.07, 6.45) is 0. The van der Waals surface area contributed by atoms with Crippen molar-refractivity contribution in [3.63, 3.8) is 0 Å². The van der Waals surface area contributed by atoms with Gasteiger partial charge in [-0.2, -0.15) is 0 Å². The molecule has 314 valence electrons. The van der Waals surface area contributed by atoms with Gasteiger partial charge in [0, 0.05) is 33.8 Å². The van der Waals surface area contributed by atoms with Gasteiger partial charge >= 0.3 is 0 Å². The molecule has 2 nitrogen and oxygen atoms in total. The first-order valence-electron chi connectivity index (χ1n) is 23.1. The predicted molar refractivity (Wildman–Crippen MR) is 280 cm³/mol. The van der Waals surface area contributed by atoms with Gasteiger partial charge in [0.05, 0.1) is 11.1 Å². The van der Waals surface area contributed by atoms with Gasteiger partial charge in [0.1, 0.15) is 11.2 Å². The van der Waals surface area contributed by atoms with Crippen molar-refractivity contribution >= 4 is 49.8 Å². The molecular weight excluding hydrogens is 811 g/mol. The number of hydrogen-bond donors (Lipinski definition) is 0. The Morgan fingerprint density at radius 2 is 0.851 bits per heavy atom. The van der Waals surface area contributed by atoms with E-state index in [9.17, 15) is 0 Å². The number of hydrogen-bond acceptors (Lipinski definition) is 2. The van der Waals surface area contributed by atoms with Crippen LogP contribution in [0.4, 0.5) is 17.1 Å². The molecule has 67 heavy (non-hydrogen) atoms. The van der Waals surface area contributed by atoms with E-state index in [-0.39, 0.29) is 0 Å². The Labute approximate surface area is 390 Å². The highest BCUT2D eigenvalue weighted by Crippen LogP contribution is 2.59. The maximum atomic E-state index is 6.55. The van der Waals surface area contributed by atoms with E-state index in [0.29, 0.717) is 0 Å². The lowest BCUT2D eigenvalue weighted by Crippen LogP contribution is -2.28. The van der Waals surface area contributed by atoms with Crippen LogP contribution in [0.25, 0.3) is 77.2 Å². The topological polar surface area (TPSA) is 16.4 Å². The van der Waals surface area contributed by atoms with Crippen molar-refractivity contribution < 1.29 is 4.42 Å². The van der Waals surface area contributed by atoms with E-state index in [1.54, 1.807) is 0 Å². The summed E-state index contributed by atoms with van der Waals surface area (Å²) in [5.41, 5.74) is 19.1.